The Hall–Kier alpha value is -3.39. The van der Waals surface area contributed by atoms with Crippen LogP contribution >= 0.6 is 0 Å². The van der Waals surface area contributed by atoms with Crippen LogP contribution in [0.1, 0.15) is 42.9 Å². The molecular formula is C23H29N3O5. The summed E-state index contributed by atoms with van der Waals surface area (Å²) in [6.07, 6.45) is 4.48. The number of hydrogen-bond donors (Lipinski definition) is 3. The van der Waals surface area contributed by atoms with Crippen molar-refractivity contribution in [1.29, 1.82) is 0 Å². The van der Waals surface area contributed by atoms with Gasteiger partial charge in [-0.05, 0) is 36.1 Å². The molecule has 1 aliphatic rings. The van der Waals surface area contributed by atoms with Gasteiger partial charge in [-0.3, -0.25) is 10.0 Å². The van der Waals surface area contributed by atoms with Crippen LogP contribution in [0.4, 0.5) is 0 Å². The fourth-order valence-corrected chi connectivity index (χ4v) is 2.97. The monoisotopic (exact) mass is 427 g/mol. The molecule has 1 heterocycles. The van der Waals surface area contributed by atoms with Crippen molar-refractivity contribution in [2.75, 3.05) is 19.7 Å². The molecule has 0 fully saturated rings. The minimum Gasteiger partial charge on any atom is -0.494 e. The highest BCUT2D eigenvalue weighted by atomic mass is 16.5. The van der Waals surface area contributed by atoms with E-state index in [1.165, 1.54) is 24.0 Å². The summed E-state index contributed by atoms with van der Waals surface area (Å²) in [5, 5.41) is 16.5. The van der Waals surface area contributed by atoms with Gasteiger partial charge in [-0.1, -0.05) is 56.2 Å². The Balaban J connectivity index is 0.000000501. The van der Waals surface area contributed by atoms with Crippen molar-refractivity contribution < 1.29 is 24.5 Å². The third kappa shape index (κ3) is 8.10. The number of nitrogens with two attached hydrogens (primary N) is 1. The summed E-state index contributed by atoms with van der Waals surface area (Å²) in [6, 6.07) is 16.9. The predicted octanol–water partition coefficient (Wildman–Crippen LogP) is 2.94. The van der Waals surface area contributed by atoms with Crippen molar-refractivity contribution in [1.82, 2.24) is 5.01 Å². The van der Waals surface area contributed by atoms with E-state index in [1.54, 1.807) is 5.01 Å². The van der Waals surface area contributed by atoms with Crippen LogP contribution in [-0.2, 0) is 16.0 Å². The van der Waals surface area contributed by atoms with Crippen LogP contribution in [-0.4, -0.2) is 52.7 Å². The first-order valence-corrected chi connectivity index (χ1v) is 10.2. The molecule has 0 unspecified atom stereocenters. The SMILES string of the molecule is CCCCCOc1ccc(Cc2ccc(C3=NCCN3N)cc2)cc1.O=C(O)C(=O)O. The molecule has 2 aromatic carbocycles. The minimum atomic E-state index is -1.82. The van der Waals surface area contributed by atoms with E-state index in [-0.39, 0.29) is 0 Å². The first-order chi connectivity index (χ1) is 14.9. The van der Waals surface area contributed by atoms with Gasteiger partial charge in [0.15, 0.2) is 0 Å². The number of hydrogen-bond acceptors (Lipinski definition) is 6. The quantitative estimate of drug-likeness (QED) is 0.336. The molecule has 0 bridgehead atoms. The van der Waals surface area contributed by atoms with E-state index in [0.29, 0.717) is 0 Å². The fourth-order valence-electron chi connectivity index (χ4n) is 2.97. The number of aliphatic imine (C=N–C) groups is 1. The van der Waals surface area contributed by atoms with Gasteiger partial charge in [0.25, 0.3) is 0 Å². The van der Waals surface area contributed by atoms with E-state index in [1.807, 2.05) is 0 Å². The van der Waals surface area contributed by atoms with Gasteiger partial charge < -0.3 is 14.9 Å². The Kier molecular flexibility index (Phi) is 9.51. The second-order valence-electron chi connectivity index (χ2n) is 7.08. The standard InChI is InChI=1S/C21H27N3O.C2H2O4/c1-2-3-4-15-25-20-11-7-18(8-12-20)16-17-5-9-19(10-6-17)21-23-13-14-24(21)22;3-1(4)2(5)6/h5-12H,2-4,13-16,22H2,1H3;(H,3,4)(H,5,6). The van der Waals surface area contributed by atoms with Gasteiger partial charge in [-0.25, -0.2) is 15.4 Å². The summed E-state index contributed by atoms with van der Waals surface area (Å²) in [6.45, 7) is 4.58. The molecule has 0 amide bonds. The molecule has 166 valence electrons. The second kappa shape index (κ2) is 12.3. The van der Waals surface area contributed by atoms with Crippen molar-refractivity contribution in [3.63, 3.8) is 0 Å². The van der Waals surface area contributed by atoms with Gasteiger partial charge in [0.05, 0.1) is 19.7 Å². The third-order valence-electron chi connectivity index (χ3n) is 4.62. The Bertz CT molecular complexity index is 867. The Morgan fingerprint density at radius 1 is 1.00 bits per heavy atom. The number of rotatable bonds is 8. The van der Waals surface area contributed by atoms with Gasteiger partial charge in [0.1, 0.15) is 11.6 Å². The molecule has 0 atom stereocenters. The van der Waals surface area contributed by atoms with E-state index in [9.17, 15) is 0 Å². The predicted molar refractivity (Wildman–Crippen MR) is 118 cm³/mol. The van der Waals surface area contributed by atoms with Crippen molar-refractivity contribution in [2.45, 2.75) is 32.6 Å². The average molecular weight is 428 g/mol. The van der Waals surface area contributed by atoms with Crippen LogP contribution in [0.2, 0.25) is 0 Å². The van der Waals surface area contributed by atoms with Crippen molar-refractivity contribution in [3.05, 3.63) is 65.2 Å². The van der Waals surface area contributed by atoms with Gasteiger partial charge in [-0.2, -0.15) is 0 Å². The van der Waals surface area contributed by atoms with Crippen LogP contribution in [0.3, 0.4) is 0 Å². The molecule has 31 heavy (non-hydrogen) atoms. The smallest absolute Gasteiger partial charge is 0.414 e. The number of carboxylic acid groups (broad SMARTS) is 2. The molecule has 0 radical (unpaired) electrons. The number of amidine groups is 1. The molecule has 0 saturated heterocycles. The minimum absolute atomic E-state index is 0.778. The maximum absolute atomic E-state index is 9.10. The molecule has 2 aromatic rings. The van der Waals surface area contributed by atoms with Crippen LogP contribution in [0.25, 0.3) is 0 Å². The lowest BCUT2D eigenvalue weighted by Gasteiger charge is -2.13. The number of ether oxygens (including phenoxy) is 1. The molecule has 0 saturated carbocycles. The van der Waals surface area contributed by atoms with Crippen LogP contribution in [0, 0.1) is 0 Å². The summed E-state index contributed by atoms with van der Waals surface area (Å²) < 4.78 is 5.77. The molecule has 8 heteroatoms. The lowest BCUT2D eigenvalue weighted by atomic mass is 10.0. The molecule has 0 aliphatic carbocycles. The summed E-state index contributed by atoms with van der Waals surface area (Å²) >= 11 is 0. The largest absolute Gasteiger partial charge is 0.494 e. The van der Waals surface area contributed by atoms with E-state index >= 15 is 0 Å². The van der Waals surface area contributed by atoms with E-state index < -0.39 is 11.9 Å². The Labute approximate surface area is 181 Å². The summed E-state index contributed by atoms with van der Waals surface area (Å²) in [7, 11) is 0. The van der Waals surface area contributed by atoms with Gasteiger partial charge in [0, 0.05) is 5.56 Å². The maximum Gasteiger partial charge on any atom is 0.414 e. The normalized spacial score (nSPS) is 12.6. The van der Waals surface area contributed by atoms with Crippen LogP contribution in [0.5, 0.6) is 5.75 Å². The van der Waals surface area contributed by atoms with Gasteiger partial charge in [-0.15, -0.1) is 0 Å². The van der Waals surface area contributed by atoms with Crippen molar-refractivity contribution in [2.24, 2.45) is 10.8 Å². The summed E-state index contributed by atoms with van der Waals surface area (Å²) in [5.41, 5.74) is 3.65. The van der Waals surface area contributed by atoms with Crippen molar-refractivity contribution >= 4 is 17.8 Å². The van der Waals surface area contributed by atoms with E-state index in [2.05, 4.69) is 60.4 Å². The highest BCUT2D eigenvalue weighted by Gasteiger charge is 2.14. The summed E-state index contributed by atoms with van der Waals surface area (Å²) in [4.78, 5) is 22.6. The average Bonchev–Trinajstić information content (AvgIpc) is 3.19. The molecule has 4 N–H and O–H groups in total. The highest BCUT2D eigenvalue weighted by molar-refractivity contribution is 6.27. The van der Waals surface area contributed by atoms with E-state index in [0.717, 1.165) is 49.7 Å². The maximum atomic E-state index is 9.10. The van der Waals surface area contributed by atoms with Crippen LogP contribution < -0.4 is 10.6 Å². The first-order valence-electron chi connectivity index (χ1n) is 10.2. The zero-order valence-corrected chi connectivity index (χ0v) is 17.7. The number of carboxylic acids is 2. The number of benzene rings is 2. The zero-order valence-electron chi connectivity index (χ0n) is 17.7. The Morgan fingerprint density at radius 3 is 2.06 bits per heavy atom. The number of nitrogens with zero attached hydrogens (tertiary/aromatic N) is 2. The molecule has 8 nitrogen and oxygen atoms in total. The lowest BCUT2D eigenvalue weighted by molar-refractivity contribution is -0.159. The molecular weight excluding hydrogens is 398 g/mol. The number of unbranched alkanes of at least 4 members (excludes halogenated alkanes) is 2. The molecule has 3 rings (SSSR count). The summed E-state index contributed by atoms with van der Waals surface area (Å²) in [5.74, 6) is 4.12. The number of carbonyl (C=O) groups is 2. The first kappa shape index (κ1) is 23.9. The second-order valence-corrected chi connectivity index (χ2v) is 7.08. The fraction of sp³-hybridized carbons (Fsp3) is 0.348. The van der Waals surface area contributed by atoms with Crippen LogP contribution in [0.15, 0.2) is 53.5 Å². The van der Waals surface area contributed by atoms with Gasteiger partial charge >= 0.3 is 11.9 Å². The Morgan fingerprint density at radius 2 is 1.58 bits per heavy atom. The lowest BCUT2D eigenvalue weighted by Crippen LogP contribution is -2.34. The number of hydrazine groups is 1. The number of aliphatic carboxylic acids is 2. The van der Waals surface area contributed by atoms with Crippen molar-refractivity contribution in [3.8, 4) is 5.75 Å². The molecule has 0 aromatic heterocycles. The van der Waals surface area contributed by atoms with Gasteiger partial charge in [0.2, 0.25) is 0 Å². The zero-order chi connectivity index (χ0) is 22.6. The topological polar surface area (TPSA) is 125 Å². The third-order valence-corrected chi connectivity index (χ3v) is 4.62. The highest BCUT2D eigenvalue weighted by Crippen LogP contribution is 2.17. The molecule has 1 aliphatic heterocycles. The molecule has 0 spiro atoms. The van der Waals surface area contributed by atoms with E-state index in [4.69, 9.17) is 30.4 Å².